The van der Waals surface area contributed by atoms with E-state index in [1.54, 1.807) is 0 Å². The van der Waals surface area contributed by atoms with Crippen molar-refractivity contribution in [2.75, 3.05) is 6.54 Å². The van der Waals surface area contributed by atoms with E-state index in [9.17, 15) is 0 Å². The number of nitrogens with zero attached hydrogens (tertiary/aromatic N) is 1. The minimum Gasteiger partial charge on any atom is -0.326 e. The molecule has 4 heteroatoms. The van der Waals surface area contributed by atoms with Gasteiger partial charge in [0.25, 0.3) is 0 Å². The minimum absolute atomic E-state index is 0.228. The molecule has 1 aromatic rings. The first-order chi connectivity index (χ1) is 9.17. The highest BCUT2D eigenvalue weighted by atomic mass is 79.9. The van der Waals surface area contributed by atoms with Crippen LogP contribution in [0.5, 0.6) is 0 Å². The number of rotatable bonds is 6. The fraction of sp³-hybridized carbons (Fsp3) is 0.733. The van der Waals surface area contributed by atoms with E-state index in [2.05, 4.69) is 46.1 Å². The molecule has 2 unspecified atom stereocenters. The summed E-state index contributed by atoms with van der Waals surface area (Å²) in [6.45, 7) is 5.57. The predicted molar refractivity (Wildman–Crippen MR) is 87.7 cm³/mol. The number of thiophene rings is 1. The lowest BCUT2D eigenvalue weighted by Crippen LogP contribution is -2.44. The zero-order valence-corrected chi connectivity index (χ0v) is 14.3. The van der Waals surface area contributed by atoms with Crippen LogP contribution >= 0.6 is 27.3 Å². The average Bonchev–Trinajstić information content (AvgIpc) is 3.06. The first-order valence-corrected chi connectivity index (χ1v) is 9.09. The molecule has 19 heavy (non-hydrogen) atoms. The van der Waals surface area contributed by atoms with Crippen LogP contribution in [0.4, 0.5) is 0 Å². The lowest BCUT2D eigenvalue weighted by atomic mass is 10.0. The Morgan fingerprint density at radius 2 is 2.11 bits per heavy atom. The smallest absolute Gasteiger partial charge is 0.0596 e. The van der Waals surface area contributed by atoms with Crippen molar-refractivity contribution in [3.63, 3.8) is 0 Å². The van der Waals surface area contributed by atoms with Crippen LogP contribution in [0.15, 0.2) is 15.9 Å². The summed E-state index contributed by atoms with van der Waals surface area (Å²) in [7, 11) is 0. The van der Waals surface area contributed by atoms with Gasteiger partial charge in [0.1, 0.15) is 0 Å². The Hall–Kier alpha value is 0.1000. The zero-order valence-electron chi connectivity index (χ0n) is 11.9. The van der Waals surface area contributed by atoms with Gasteiger partial charge in [-0.25, -0.2) is 0 Å². The van der Waals surface area contributed by atoms with Crippen molar-refractivity contribution in [3.8, 4) is 0 Å². The van der Waals surface area contributed by atoms with Crippen LogP contribution in [-0.4, -0.2) is 23.5 Å². The fourth-order valence-corrected chi connectivity index (χ4v) is 4.88. The number of halogens is 1. The van der Waals surface area contributed by atoms with E-state index in [-0.39, 0.29) is 6.04 Å². The van der Waals surface area contributed by atoms with Crippen LogP contribution in [0.3, 0.4) is 0 Å². The van der Waals surface area contributed by atoms with Gasteiger partial charge >= 0.3 is 0 Å². The lowest BCUT2D eigenvalue weighted by Gasteiger charge is -2.38. The first kappa shape index (κ1) is 15.5. The van der Waals surface area contributed by atoms with Gasteiger partial charge < -0.3 is 5.73 Å². The lowest BCUT2D eigenvalue weighted by molar-refractivity contribution is 0.124. The SMILES string of the molecule is CCC(N)C(c1cc(Br)cs1)N(CC)C1CCCC1. The Balaban J connectivity index is 2.24. The van der Waals surface area contributed by atoms with Gasteiger partial charge in [0, 0.05) is 26.8 Å². The number of hydrogen-bond donors (Lipinski definition) is 1. The molecule has 0 saturated heterocycles. The molecule has 0 aliphatic heterocycles. The van der Waals surface area contributed by atoms with Crippen LogP contribution < -0.4 is 5.73 Å². The Morgan fingerprint density at radius 1 is 1.42 bits per heavy atom. The van der Waals surface area contributed by atoms with E-state index in [0.29, 0.717) is 6.04 Å². The molecule has 0 aromatic carbocycles. The normalized spacial score (nSPS) is 20.1. The summed E-state index contributed by atoms with van der Waals surface area (Å²) < 4.78 is 1.18. The Labute approximate surface area is 129 Å². The molecule has 0 bridgehead atoms. The van der Waals surface area contributed by atoms with Gasteiger partial charge in [-0.05, 0) is 47.8 Å². The van der Waals surface area contributed by atoms with E-state index < -0.39 is 0 Å². The van der Waals surface area contributed by atoms with Crippen molar-refractivity contribution in [2.45, 2.75) is 64.1 Å². The molecule has 1 fully saturated rings. The van der Waals surface area contributed by atoms with Gasteiger partial charge in [0.05, 0.1) is 6.04 Å². The summed E-state index contributed by atoms with van der Waals surface area (Å²) in [5.41, 5.74) is 6.45. The highest BCUT2D eigenvalue weighted by Crippen LogP contribution is 2.36. The fourth-order valence-electron chi connectivity index (χ4n) is 3.24. The van der Waals surface area contributed by atoms with Crippen LogP contribution in [0.2, 0.25) is 0 Å². The van der Waals surface area contributed by atoms with Gasteiger partial charge in [-0.2, -0.15) is 0 Å². The van der Waals surface area contributed by atoms with Gasteiger partial charge in [-0.1, -0.05) is 26.7 Å². The van der Waals surface area contributed by atoms with Crippen LogP contribution in [0, 0.1) is 0 Å². The van der Waals surface area contributed by atoms with Crippen molar-refractivity contribution in [1.82, 2.24) is 4.90 Å². The molecule has 2 N–H and O–H groups in total. The van der Waals surface area contributed by atoms with Crippen molar-refractivity contribution < 1.29 is 0 Å². The molecule has 1 saturated carbocycles. The van der Waals surface area contributed by atoms with Crippen molar-refractivity contribution in [3.05, 3.63) is 20.8 Å². The van der Waals surface area contributed by atoms with E-state index in [0.717, 1.165) is 19.0 Å². The molecule has 0 amide bonds. The van der Waals surface area contributed by atoms with Gasteiger partial charge in [0.2, 0.25) is 0 Å². The van der Waals surface area contributed by atoms with E-state index >= 15 is 0 Å². The van der Waals surface area contributed by atoms with Gasteiger partial charge in [0.15, 0.2) is 0 Å². The van der Waals surface area contributed by atoms with E-state index in [1.165, 1.54) is 35.0 Å². The molecular weight excluding hydrogens is 320 g/mol. The van der Waals surface area contributed by atoms with Crippen molar-refractivity contribution >= 4 is 27.3 Å². The highest BCUT2D eigenvalue weighted by Gasteiger charge is 2.32. The van der Waals surface area contributed by atoms with Gasteiger partial charge in [-0.3, -0.25) is 4.90 Å². The third-order valence-electron chi connectivity index (χ3n) is 4.27. The third kappa shape index (κ3) is 3.60. The minimum atomic E-state index is 0.228. The second kappa shape index (κ2) is 7.21. The molecule has 1 heterocycles. The summed E-state index contributed by atoms with van der Waals surface area (Å²) in [6, 6.07) is 3.59. The maximum Gasteiger partial charge on any atom is 0.0596 e. The maximum atomic E-state index is 6.45. The summed E-state index contributed by atoms with van der Waals surface area (Å²) in [5, 5.41) is 2.17. The van der Waals surface area contributed by atoms with Gasteiger partial charge in [-0.15, -0.1) is 11.3 Å². The largest absolute Gasteiger partial charge is 0.326 e. The van der Waals surface area contributed by atoms with E-state index in [1.807, 2.05) is 11.3 Å². The molecule has 0 spiro atoms. The van der Waals surface area contributed by atoms with Crippen LogP contribution in [0.25, 0.3) is 0 Å². The standard InChI is InChI=1S/C15H25BrN2S/c1-3-13(17)15(14-9-11(16)10-19-14)18(4-2)12-7-5-6-8-12/h9-10,12-13,15H,3-8,17H2,1-2H3. The Kier molecular flexibility index (Phi) is 5.87. The first-order valence-electron chi connectivity index (χ1n) is 7.42. The third-order valence-corrected chi connectivity index (χ3v) is 6.04. The summed E-state index contributed by atoms with van der Waals surface area (Å²) in [6.07, 6.45) is 6.47. The second-order valence-electron chi connectivity index (χ2n) is 5.45. The molecule has 1 aromatic heterocycles. The molecule has 1 aliphatic carbocycles. The second-order valence-corrected chi connectivity index (χ2v) is 7.31. The zero-order chi connectivity index (χ0) is 13.8. The molecule has 2 atom stereocenters. The molecular formula is C15H25BrN2S. The Bertz CT molecular complexity index is 387. The number of hydrogen-bond acceptors (Lipinski definition) is 3. The summed E-state index contributed by atoms with van der Waals surface area (Å²) in [5.74, 6) is 0. The number of likely N-dealkylation sites (N-methyl/N-ethyl adjacent to an activating group) is 1. The van der Waals surface area contributed by atoms with Crippen LogP contribution in [-0.2, 0) is 0 Å². The molecule has 2 rings (SSSR count). The maximum absolute atomic E-state index is 6.45. The van der Waals surface area contributed by atoms with E-state index in [4.69, 9.17) is 5.73 Å². The molecule has 1 aliphatic rings. The van der Waals surface area contributed by atoms with Crippen molar-refractivity contribution in [2.24, 2.45) is 5.73 Å². The molecule has 108 valence electrons. The Morgan fingerprint density at radius 3 is 2.58 bits per heavy atom. The molecule has 2 nitrogen and oxygen atoms in total. The summed E-state index contributed by atoms with van der Waals surface area (Å²) >= 11 is 5.41. The number of nitrogens with two attached hydrogens (primary N) is 1. The average molecular weight is 345 g/mol. The quantitative estimate of drug-likeness (QED) is 0.819. The van der Waals surface area contributed by atoms with Crippen LogP contribution in [0.1, 0.15) is 56.9 Å². The highest BCUT2D eigenvalue weighted by molar-refractivity contribution is 9.10. The topological polar surface area (TPSA) is 29.3 Å². The monoisotopic (exact) mass is 344 g/mol. The predicted octanol–water partition coefficient (Wildman–Crippen LogP) is 4.55. The van der Waals surface area contributed by atoms with Crippen molar-refractivity contribution in [1.29, 1.82) is 0 Å². The molecule has 0 radical (unpaired) electrons. The summed E-state index contributed by atoms with van der Waals surface area (Å²) in [4.78, 5) is 4.06.